The molecule has 1 aliphatic rings. The van der Waals surface area contributed by atoms with Crippen molar-refractivity contribution in [3.05, 3.63) is 77.6 Å². The number of aromatic nitrogens is 4. The Kier molecular flexibility index (Phi) is 4.08. The Hall–Kier alpha value is -3.61. The summed E-state index contributed by atoms with van der Waals surface area (Å²) in [4.78, 5) is 27.5. The number of H-pyrrole nitrogens is 1. The lowest BCUT2D eigenvalue weighted by molar-refractivity contribution is 0.0716. The normalized spacial score (nSPS) is 16.1. The second-order valence-electron chi connectivity index (χ2n) is 7.32. The first-order valence-corrected chi connectivity index (χ1v) is 9.51. The molecule has 1 aliphatic heterocycles. The van der Waals surface area contributed by atoms with Crippen molar-refractivity contribution in [1.82, 2.24) is 24.4 Å². The van der Waals surface area contributed by atoms with Gasteiger partial charge in [0.15, 0.2) is 0 Å². The number of pyridine rings is 1. The lowest BCUT2D eigenvalue weighted by Crippen LogP contribution is -2.39. The Balaban J connectivity index is 1.50. The summed E-state index contributed by atoms with van der Waals surface area (Å²) in [6.45, 7) is 1.03. The fraction of sp³-hybridized carbons (Fsp3) is 0.227. The van der Waals surface area contributed by atoms with Crippen molar-refractivity contribution >= 4 is 16.9 Å². The SMILES string of the molecule is COc1cccc(C2CN(C(=O)c3ccc4ccn(C)c4n3)Cc3[nH]cnc32)c1. The lowest BCUT2D eigenvalue weighted by atomic mass is 9.90. The van der Waals surface area contributed by atoms with Crippen LogP contribution in [0, 0.1) is 0 Å². The summed E-state index contributed by atoms with van der Waals surface area (Å²) in [5.74, 6) is 0.683. The lowest BCUT2D eigenvalue weighted by Gasteiger charge is -2.32. The molecule has 7 heteroatoms. The van der Waals surface area contributed by atoms with Crippen LogP contribution in [0.2, 0.25) is 0 Å². The molecular formula is C22H21N5O2. The standard InChI is InChI=1S/C22H21N5O2/c1-26-9-8-14-6-7-18(25-21(14)26)22(28)27-11-17(20-19(12-27)23-13-24-20)15-4-3-5-16(10-15)29-2/h3-10,13,17H,11-12H2,1-2H3,(H,23,24). The van der Waals surface area contributed by atoms with Crippen LogP contribution in [0.4, 0.5) is 0 Å². The molecule has 146 valence electrons. The van der Waals surface area contributed by atoms with Crippen LogP contribution in [-0.2, 0) is 13.6 Å². The minimum atomic E-state index is -0.0822. The van der Waals surface area contributed by atoms with Gasteiger partial charge < -0.3 is 19.2 Å². The van der Waals surface area contributed by atoms with E-state index in [9.17, 15) is 4.79 Å². The van der Waals surface area contributed by atoms with E-state index in [0.29, 0.717) is 18.8 Å². The highest BCUT2D eigenvalue weighted by atomic mass is 16.5. The Bertz CT molecular complexity index is 1210. The minimum Gasteiger partial charge on any atom is -0.497 e. The topological polar surface area (TPSA) is 76.0 Å². The molecule has 4 heterocycles. The van der Waals surface area contributed by atoms with Crippen molar-refractivity contribution < 1.29 is 9.53 Å². The van der Waals surface area contributed by atoms with Gasteiger partial charge in [0.2, 0.25) is 0 Å². The van der Waals surface area contributed by atoms with E-state index in [4.69, 9.17) is 4.74 Å². The number of amides is 1. The van der Waals surface area contributed by atoms with Crippen LogP contribution in [0.1, 0.15) is 33.4 Å². The van der Waals surface area contributed by atoms with Gasteiger partial charge in [-0.15, -0.1) is 0 Å². The molecule has 1 N–H and O–H groups in total. The third-order valence-corrected chi connectivity index (χ3v) is 5.55. The average molecular weight is 387 g/mol. The Morgan fingerprint density at radius 2 is 2.14 bits per heavy atom. The number of hydrogen-bond donors (Lipinski definition) is 1. The molecule has 0 fully saturated rings. The molecule has 0 radical (unpaired) electrons. The van der Waals surface area contributed by atoms with E-state index in [1.54, 1.807) is 19.5 Å². The van der Waals surface area contributed by atoms with E-state index in [0.717, 1.165) is 33.7 Å². The summed E-state index contributed by atoms with van der Waals surface area (Å²) in [6.07, 6.45) is 3.64. The number of aryl methyl sites for hydroxylation is 1. The Labute approximate surface area is 168 Å². The molecule has 3 aromatic heterocycles. The number of carbonyl (C=O) groups is 1. The summed E-state index contributed by atoms with van der Waals surface area (Å²) >= 11 is 0. The van der Waals surface area contributed by atoms with Crippen molar-refractivity contribution in [2.45, 2.75) is 12.5 Å². The number of fused-ring (bicyclic) bond motifs is 2. The van der Waals surface area contributed by atoms with Crippen LogP contribution in [0.15, 0.2) is 55.0 Å². The smallest absolute Gasteiger partial charge is 0.272 e. The second kappa shape index (κ2) is 6.77. The number of aromatic amines is 1. The number of nitrogens with zero attached hydrogens (tertiary/aromatic N) is 4. The molecule has 4 aromatic rings. The minimum absolute atomic E-state index is 0.0252. The molecule has 5 rings (SSSR count). The zero-order valence-corrected chi connectivity index (χ0v) is 16.3. The van der Waals surface area contributed by atoms with Crippen LogP contribution in [0.5, 0.6) is 5.75 Å². The van der Waals surface area contributed by atoms with Gasteiger partial charge in [-0.25, -0.2) is 9.97 Å². The largest absolute Gasteiger partial charge is 0.497 e. The van der Waals surface area contributed by atoms with Crippen molar-refractivity contribution in [1.29, 1.82) is 0 Å². The summed E-state index contributed by atoms with van der Waals surface area (Å²) in [7, 11) is 3.58. The van der Waals surface area contributed by atoms with Gasteiger partial charge in [0.05, 0.1) is 31.4 Å². The maximum absolute atomic E-state index is 13.3. The average Bonchev–Trinajstić information content (AvgIpc) is 3.39. The summed E-state index contributed by atoms with van der Waals surface area (Å²) in [6, 6.07) is 13.7. The zero-order chi connectivity index (χ0) is 20.0. The first-order chi connectivity index (χ1) is 14.1. The molecule has 0 saturated carbocycles. The molecule has 7 nitrogen and oxygen atoms in total. The predicted molar refractivity (Wildman–Crippen MR) is 109 cm³/mol. The molecule has 1 atom stereocenters. The number of rotatable bonds is 3. The number of methoxy groups -OCH3 is 1. The highest BCUT2D eigenvalue weighted by Crippen LogP contribution is 2.33. The summed E-state index contributed by atoms with van der Waals surface area (Å²) in [5, 5.41) is 1.02. The van der Waals surface area contributed by atoms with Gasteiger partial charge in [0.25, 0.3) is 5.91 Å². The number of hydrogen-bond acceptors (Lipinski definition) is 4. The number of imidazole rings is 1. The predicted octanol–water partition coefficient (Wildman–Crippen LogP) is 3.09. The Morgan fingerprint density at radius 3 is 3.00 bits per heavy atom. The van der Waals surface area contributed by atoms with Gasteiger partial charge in [0.1, 0.15) is 17.1 Å². The molecule has 1 amide bonds. The quantitative estimate of drug-likeness (QED) is 0.586. The van der Waals surface area contributed by atoms with Crippen LogP contribution in [0.3, 0.4) is 0 Å². The second-order valence-corrected chi connectivity index (χ2v) is 7.32. The first-order valence-electron chi connectivity index (χ1n) is 9.51. The van der Waals surface area contributed by atoms with E-state index in [2.05, 4.69) is 15.0 Å². The molecule has 1 aromatic carbocycles. The van der Waals surface area contributed by atoms with E-state index in [1.165, 1.54) is 0 Å². The third-order valence-electron chi connectivity index (χ3n) is 5.55. The van der Waals surface area contributed by atoms with E-state index in [-0.39, 0.29) is 11.8 Å². The number of ether oxygens (including phenoxy) is 1. The summed E-state index contributed by atoms with van der Waals surface area (Å²) < 4.78 is 7.31. The molecule has 0 aliphatic carbocycles. The summed E-state index contributed by atoms with van der Waals surface area (Å²) in [5.41, 5.74) is 4.26. The molecule has 1 unspecified atom stereocenters. The van der Waals surface area contributed by atoms with Crippen LogP contribution in [0.25, 0.3) is 11.0 Å². The highest BCUT2D eigenvalue weighted by Gasteiger charge is 2.32. The third kappa shape index (κ3) is 2.95. The van der Waals surface area contributed by atoms with Crippen molar-refractivity contribution in [3.63, 3.8) is 0 Å². The van der Waals surface area contributed by atoms with E-state index >= 15 is 0 Å². The van der Waals surface area contributed by atoms with Crippen molar-refractivity contribution in [2.75, 3.05) is 13.7 Å². The number of carbonyl (C=O) groups excluding carboxylic acids is 1. The van der Waals surface area contributed by atoms with E-state index < -0.39 is 0 Å². The first kappa shape index (κ1) is 17.5. The maximum Gasteiger partial charge on any atom is 0.272 e. The molecule has 0 bridgehead atoms. The number of benzene rings is 1. The van der Waals surface area contributed by atoms with Crippen LogP contribution < -0.4 is 4.74 Å². The molecule has 29 heavy (non-hydrogen) atoms. The van der Waals surface area contributed by atoms with Gasteiger partial charge >= 0.3 is 0 Å². The molecule has 0 saturated heterocycles. The fourth-order valence-electron chi connectivity index (χ4n) is 4.01. The fourth-order valence-corrected chi connectivity index (χ4v) is 4.01. The van der Waals surface area contributed by atoms with Crippen molar-refractivity contribution in [2.24, 2.45) is 7.05 Å². The van der Waals surface area contributed by atoms with Crippen LogP contribution >= 0.6 is 0 Å². The van der Waals surface area contributed by atoms with E-state index in [1.807, 2.05) is 59.1 Å². The van der Waals surface area contributed by atoms with Gasteiger partial charge in [-0.1, -0.05) is 12.1 Å². The van der Waals surface area contributed by atoms with Gasteiger partial charge in [-0.05, 0) is 35.9 Å². The zero-order valence-electron chi connectivity index (χ0n) is 16.3. The highest BCUT2D eigenvalue weighted by molar-refractivity contribution is 5.94. The molecular weight excluding hydrogens is 366 g/mol. The monoisotopic (exact) mass is 387 g/mol. The van der Waals surface area contributed by atoms with Gasteiger partial charge in [0, 0.05) is 31.1 Å². The Morgan fingerprint density at radius 1 is 1.24 bits per heavy atom. The van der Waals surface area contributed by atoms with Crippen molar-refractivity contribution in [3.8, 4) is 5.75 Å². The number of nitrogens with one attached hydrogen (secondary N) is 1. The molecule has 0 spiro atoms. The van der Waals surface area contributed by atoms with Crippen LogP contribution in [-0.4, -0.2) is 44.0 Å². The van der Waals surface area contributed by atoms with Gasteiger partial charge in [-0.3, -0.25) is 4.79 Å². The van der Waals surface area contributed by atoms with Gasteiger partial charge in [-0.2, -0.15) is 0 Å². The maximum atomic E-state index is 13.3.